The number of aromatic nitrogens is 2. The lowest BCUT2D eigenvalue weighted by Crippen LogP contribution is -2.55. The van der Waals surface area contributed by atoms with Crippen molar-refractivity contribution < 1.29 is 22.7 Å². The van der Waals surface area contributed by atoms with E-state index in [-0.39, 0.29) is 43.5 Å². The number of alkyl halides is 2. The summed E-state index contributed by atoms with van der Waals surface area (Å²) in [4.78, 5) is 29.7. The number of hydrogen-bond donors (Lipinski definition) is 0. The zero-order chi connectivity index (χ0) is 31.0. The van der Waals surface area contributed by atoms with Crippen molar-refractivity contribution in [3.05, 3.63) is 53.0 Å². The maximum atomic E-state index is 15.2. The highest BCUT2D eigenvalue weighted by molar-refractivity contribution is 5.91. The van der Waals surface area contributed by atoms with Crippen LogP contribution in [0, 0.1) is 11.3 Å². The molecule has 3 aliphatic heterocycles. The van der Waals surface area contributed by atoms with Crippen LogP contribution in [0.15, 0.2) is 30.6 Å². The number of nitriles is 1. The minimum Gasteiger partial charge on any atom is -0.462 e. The number of halogens is 3. The van der Waals surface area contributed by atoms with Crippen LogP contribution < -0.4 is 14.5 Å². The molecule has 6 rings (SSSR count). The number of likely N-dealkylation sites (tertiary alicyclic amines) is 1. The third-order valence-corrected chi connectivity index (χ3v) is 9.47. The molecule has 4 aliphatic rings. The fraction of sp³-hybridized carbons (Fsp3) is 0.562. The molecule has 0 radical (unpaired) electrons. The van der Waals surface area contributed by atoms with Crippen LogP contribution in [-0.2, 0) is 30.1 Å². The number of aryl methyl sites for hydroxylation is 1. The molecule has 12 heteroatoms. The van der Waals surface area contributed by atoms with Crippen molar-refractivity contribution in [3.8, 4) is 12.1 Å². The molecule has 1 aliphatic carbocycles. The number of hydrogen-bond acceptors (Lipinski definition) is 8. The van der Waals surface area contributed by atoms with Crippen molar-refractivity contribution in [1.29, 1.82) is 5.26 Å². The van der Waals surface area contributed by atoms with Crippen LogP contribution in [0.2, 0.25) is 0 Å². The largest absolute Gasteiger partial charge is 0.462 e. The summed E-state index contributed by atoms with van der Waals surface area (Å²) in [6.45, 7) is 6.25. The first-order valence-corrected chi connectivity index (χ1v) is 15.4. The molecule has 0 unspecified atom stereocenters. The zero-order valence-corrected chi connectivity index (χ0v) is 25.1. The number of piperazine rings is 1. The minimum atomic E-state index is -2.89. The van der Waals surface area contributed by atoms with Gasteiger partial charge in [0.1, 0.15) is 12.4 Å². The van der Waals surface area contributed by atoms with E-state index < -0.39 is 23.7 Å². The van der Waals surface area contributed by atoms with Gasteiger partial charge in [-0.1, -0.05) is 18.7 Å². The summed E-state index contributed by atoms with van der Waals surface area (Å²) >= 11 is 0. The van der Waals surface area contributed by atoms with Crippen molar-refractivity contribution in [2.45, 2.75) is 69.5 Å². The second-order valence-corrected chi connectivity index (χ2v) is 12.2. The van der Waals surface area contributed by atoms with Gasteiger partial charge in [0.25, 0.3) is 11.8 Å². The molecule has 9 nitrogen and oxygen atoms in total. The predicted octanol–water partition coefficient (Wildman–Crippen LogP) is 4.35. The molecule has 1 aromatic carbocycles. The minimum absolute atomic E-state index is 0.0290. The van der Waals surface area contributed by atoms with Crippen molar-refractivity contribution in [2.75, 3.05) is 56.2 Å². The van der Waals surface area contributed by atoms with E-state index in [0.29, 0.717) is 68.3 Å². The summed E-state index contributed by atoms with van der Waals surface area (Å²) in [7, 11) is 2.07. The molecule has 2 fully saturated rings. The highest BCUT2D eigenvalue weighted by Crippen LogP contribution is 2.46. The Morgan fingerprint density at radius 2 is 1.98 bits per heavy atom. The van der Waals surface area contributed by atoms with E-state index in [4.69, 9.17) is 14.7 Å². The van der Waals surface area contributed by atoms with Gasteiger partial charge in [-0.2, -0.15) is 15.2 Å². The molecule has 2 aromatic rings. The topological polar surface area (TPSA) is 88.8 Å². The third-order valence-electron chi connectivity index (χ3n) is 9.47. The average molecular weight is 610 g/mol. The number of carbonyl (C=O) groups excluding carboxylic acids is 1. The first-order valence-electron chi connectivity index (χ1n) is 15.4. The van der Waals surface area contributed by atoms with Crippen molar-refractivity contribution in [1.82, 2.24) is 19.8 Å². The van der Waals surface area contributed by atoms with Crippen LogP contribution in [0.1, 0.15) is 54.5 Å². The number of rotatable bonds is 7. The van der Waals surface area contributed by atoms with E-state index in [9.17, 15) is 14.4 Å². The Hall–Kier alpha value is -3.85. The van der Waals surface area contributed by atoms with E-state index in [1.165, 1.54) is 4.90 Å². The van der Waals surface area contributed by atoms with Gasteiger partial charge in [0.2, 0.25) is 0 Å². The second-order valence-electron chi connectivity index (χ2n) is 12.2. The first kappa shape index (κ1) is 30.2. The van der Waals surface area contributed by atoms with Gasteiger partial charge in [-0.05, 0) is 57.3 Å². The quantitative estimate of drug-likeness (QED) is 0.428. The van der Waals surface area contributed by atoms with Gasteiger partial charge in [-0.15, -0.1) is 0 Å². The molecule has 0 bridgehead atoms. The highest BCUT2D eigenvalue weighted by Gasteiger charge is 2.41. The van der Waals surface area contributed by atoms with E-state index in [0.717, 1.165) is 24.9 Å². The lowest BCUT2D eigenvalue weighted by Gasteiger charge is -2.42. The van der Waals surface area contributed by atoms with E-state index in [2.05, 4.69) is 24.6 Å². The Labute approximate surface area is 255 Å². The Kier molecular flexibility index (Phi) is 8.42. The molecular weight excluding hydrogens is 571 g/mol. The number of carbonyl (C=O) groups is 1. The first-order chi connectivity index (χ1) is 21.2. The van der Waals surface area contributed by atoms with Crippen molar-refractivity contribution in [2.24, 2.45) is 0 Å². The van der Waals surface area contributed by atoms with E-state index in [1.54, 1.807) is 12.1 Å². The molecule has 0 N–H and O–H groups in total. The Balaban J connectivity index is 1.33. The second kappa shape index (κ2) is 12.3. The van der Waals surface area contributed by atoms with Crippen molar-refractivity contribution >= 4 is 17.4 Å². The summed E-state index contributed by atoms with van der Waals surface area (Å²) in [5, 5.41) is 9.47. The summed E-state index contributed by atoms with van der Waals surface area (Å²) in [5.74, 6) is -4.10. The number of anilines is 2. The van der Waals surface area contributed by atoms with Crippen molar-refractivity contribution in [3.63, 3.8) is 0 Å². The number of amides is 1. The maximum absolute atomic E-state index is 15.2. The average Bonchev–Trinajstić information content (AvgIpc) is 3.43. The molecule has 4 heterocycles. The molecule has 1 aromatic heterocycles. The number of fused-ring (bicyclic) bond motifs is 2. The lowest BCUT2D eigenvalue weighted by molar-refractivity contribution is -0.131. The molecule has 44 heavy (non-hydrogen) atoms. The monoisotopic (exact) mass is 609 g/mol. The Morgan fingerprint density at radius 3 is 2.73 bits per heavy atom. The smallest absolute Gasteiger partial charge is 0.318 e. The van der Waals surface area contributed by atoms with Gasteiger partial charge in [0, 0.05) is 55.5 Å². The molecule has 0 spiro atoms. The van der Waals surface area contributed by atoms with E-state index in [1.807, 2.05) is 15.9 Å². The molecule has 1 amide bonds. The summed E-state index contributed by atoms with van der Waals surface area (Å²) in [6.07, 6.45) is 3.60. The summed E-state index contributed by atoms with van der Waals surface area (Å²) < 4.78 is 50.4. The third kappa shape index (κ3) is 5.82. The molecule has 2 atom stereocenters. The Morgan fingerprint density at radius 1 is 1.14 bits per heavy atom. The van der Waals surface area contributed by atoms with Crippen LogP contribution in [0.5, 0.6) is 6.01 Å². The molecule has 234 valence electrons. The molecular formula is C32H38F3N7O2. The summed E-state index contributed by atoms with van der Waals surface area (Å²) in [6, 6.07) is 7.46. The van der Waals surface area contributed by atoms with Gasteiger partial charge in [0.15, 0.2) is 5.83 Å². The number of nitrogens with zero attached hydrogens (tertiary/aromatic N) is 7. The SMILES string of the molecule is C=C(F)C(=O)N1CCN(c2nc(OC[C@@H]3CCCN3C)nc3c2CCN(c2cccc4c2C(F)(F)CCC4)C3)C[C@@H]1CC#N. The standard InChI is InChI=1S/C32H38F3N7O2/c1-21(33)30(43)42-17-16-41(18-23(42)10-13-36)29-25-11-15-40(27-9-3-6-22-7-4-12-32(34,35)28(22)27)19-26(25)37-31(38-29)44-20-24-8-5-14-39(24)2/h3,6,9,23-24H,1,4-5,7-8,10-12,14-20H2,2H3/t23-,24-/m0/s1. The van der Waals surface area contributed by atoms with Gasteiger partial charge in [-0.3, -0.25) is 4.79 Å². The normalized spacial score (nSPS) is 23.1. The van der Waals surface area contributed by atoms with Crippen LogP contribution in [0.4, 0.5) is 24.7 Å². The van der Waals surface area contributed by atoms with Gasteiger partial charge in [-0.25, -0.2) is 13.2 Å². The van der Waals surface area contributed by atoms with Gasteiger partial charge in [0.05, 0.1) is 30.8 Å². The highest BCUT2D eigenvalue weighted by atomic mass is 19.3. The van der Waals surface area contributed by atoms with Crippen LogP contribution in [0.3, 0.4) is 0 Å². The predicted molar refractivity (Wildman–Crippen MR) is 159 cm³/mol. The maximum Gasteiger partial charge on any atom is 0.318 e. The fourth-order valence-corrected chi connectivity index (χ4v) is 7.14. The van der Waals surface area contributed by atoms with Gasteiger partial charge >= 0.3 is 6.01 Å². The molecule has 0 saturated carbocycles. The Bertz CT molecular complexity index is 1480. The van der Waals surface area contributed by atoms with Gasteiger partial charge < -0.3 is 24.3 Å². The zero-order valence-electron chi connectivity index (χ0n) is 25.1. The molecule has 2 saturated heterocycles. The number of ether oxygens (including phenoxy) is 1. The van der Waals surface area contributed by atoms with Crippen LogP contribution in [0.25, 0.3) is 0 Å². The van der Waals surface area contributed by atoms with Crippen LogP contribution >= 0.6 is 0 Å². The number of likely N-dealkylation sites (N-methyl/N-ethyl adjacent to an activating group) is 1. The number of benzene rings is 1. The van der Waals surface area contributed by atoms with E-state index >= 15 is 8.78 Å². The fourth-order valence-electron chi connectivity index (χ4n) is 7.14. The lowest BCUT2D eigenvalue weighted by atomic mass is 9.86. The summed E-state index contributed by atoms with van der Waals surface area (Å²) in [5.41, 5.74) is 2.97. The van der Waals surface area contributed by atoms with Crippen LogP contribution in [-0.4, -0.2) is 84.1 Å².